The fourth-order valence-electron chi connectivity index (χ4n) is 1.95. The highest BCUT2D eigenvalue weighted by molar-refractivity contribution is 6.00. The molecule has 4 heteroatoms. The second kappa shape index (κ2) is 5.29. The van der Waals surface area contributed by atoms with Gasteiger partial charge in [-0.2, -0.15) is 0 Å². The Hall–Kier alpha value is -1.39. The highest BCUT2D eigenvalue weighted by Gasteiger charge is 2.19. The van der Waals surface area contributed by atoms with Crippen LogP contribution in [0.15, 0.2) is 18.2 Å². The molecule has 1 aromatic carbocycles. The van der Waals surface area contributed by atoms with E-state index in [0.717, 1.165) is 17.5 Å². The Morgan fingerprint density at radius 1 is 1.35 bits per heavy atom. The second-order valence-electron chi connectivity index (χ2n) is 4.16. The van der Waals surface area contributed by atoms with Crippen molar-refractivity contribution in [3.63, 3.8) is 0 Å². The lowest BCUT2D eigenvalue weighted by Gasteiger charge is -2.12. The van der Waals surface area contributed by atoms with Crippen molar-refractivity contribution in [2.75, 3.05) is 20.3 Å². The Morgan fingerprint density at radius 2 is 2.18 bits per heavy atom. The van der Waals surface area contributed by atoms with Crippen LogP contribution in [-0.4, -0.2) is 37.3 Å². The number of ketones is 1. The van der Waals surface area contributed by atoms with Crippen molar-refractivity contribution in [1.29, 1.82) is 0 Å². The number of carbonyl (C=O) groups excluding carboxylic acids is 1. The van der Waals surface area contributed by atoms with Gasteiger partial charge in [0.15, 0.2) is 5.78 Å². The van der Waals surface area contributed by atoms with Gasteiger partial charge in [-0.3, -0.25) is 4.79 Å². The van der Waals surface area contributed by atoms with Crippen molar-refractivity contribution in [3.8, 4) is 5.75 Å². The minimum Gasteiger partial charge on any atom is -0.491 e. The maximum absolute atomic E-state index is 11.4. The van der Waals surface area contributed by atoms with Crippen LogP contribution in [0.1, 0.15) is 22.3 Å². The Labute approximate surface area is 100 Å². The van der Waals surface area contributed by atoms with Crippen LogP contribution in [0.25, 0.3) is 0 Å². The van der Waals surface area contributed by atoms with Gasteiger partial charge >= 0.3 is 0 Å². The summed E-state index contributed by atoms with van der Waals surface area (Å²) < 4.78 is 10.2. The van der Waals surface area contributed by atoms with E-state index in [1.54, 1.807) is 12.1 Å². The van der Waals surface area contributed by atoms with E-state index in [9.17, 15) is 9.90 Å². The third-order valence-electron chi connectivity index (χ3n) is 2.80. The lowest BCUT2D eigenvalue weighted by Crippen LogP contribution is -2.22. The van der Waals surface area contributed by atoms with Crippen molar-refractivity contribution >= 4 is 5.78 Å². The summed E-state index contributed by atoms with van der Waals surface area (Å²) in [5, 5.41) is 9.44. The number of fused-ring (bicyclic) bond motifs is 1. The Kier molecular flexibility index (Phi) is 3.76. The first kappa shape index (κ1) is 12.1. The summed E-state index contributed by atoms with van der Waals surface area (Å²) in [6, 6.07) is 5.43. The van der Waals surface area contributed by atoms with E-state index in [0.29, 0.717) is 12.2 Å². The zero-order chi connectivity index (χ0) is 12.3. The van der Waals surface area contributed by atoms with Crippen molar-refractivity contribution in [2.24, 2.45) is 0 Å². The largest absolute Gasteiger partial charge is 0.491 e. The molecule has 0 saturated carbocycles. The van der Waals surface area contributed by atoms with Gasteiger partial charge in [-0.1, -0.05) is 0 Å². The molecule has 0 fully saturated rings. The minimum absolute atomic E-state index is 0.195. The van der Waals surface area contributed by atoms with Gasteiger partial charge in [-0.25, -0.2) is 0 Å². The Bertz CT molecular complexity index is 414. The zero-order valence-corrected chi connectivity index (χ0v) is 9.81. The molecule has 1 atom stereocenters. The SMILES string of the molecule is COCC(O)COc1ccc2c(c1)CCC2=O. The molecule has 4 nitrogen and oxygen atoms in total. The second-order valence-corrected chi connectivity index (χ2v) is 4.16. The summed E-state index contributed by atoms with van der Waals surface area (Å²) >= 11 is 0. The fourth-order valence-corrected chi connectivity index (χ4v) is 1.95. The number of benzene rings is 1. The summed E-state index contributed by atoms with van der Waals surface area (Å²) in [5.41, 5.74) is 1.84. The minimum atomic E-state index is -0.630. The number of hydrogen-bond donors (Lipinski definition) is 1. The summed E-state index contributed by atoms with van der Waals surface area (Å²) in [7, 11) is 1.53. The molecule has 0 spiro atoms. The molecular weight excluding hydrogens is 220 g/mol. The molecule has 0 aromatic heterocycles. The number of aliphatic hydroxyl groups excluding tert-OH is 1. The van der Waals surface area contributed by atoms with Gasteiger partial charge < -0.3 is 14.6 Å². The highest BCUT2D eigenvalue weighted by atomic mass is 16.5. The van der Waals surface area contributed by atoms with Crippen LogP contribution >= 0.6 is 0 Å². The molecule has 1 aromatic rings. The molecule has 1 N–H and O–H groups in total. The molecule has 1 aliphatic carbocycles. The maximum Gasteiger partial charge on any atom is 0.163 e. The topological polar surface area (TPSA) is 55.8 Å². The van der Waals surface area contributed by atoms with Crippen LogP contribution in [0.3, 0.4) is 0 Å². The van der Waals surface area contributed by atoms with E-state index in [-0.39, 0.29) is 19.0 Å². The molecule has 0 aliphatic heterocycles. The lowest BCUT2D eigenvalue weighted by molar-refractivity contribution is 0.0325. The molecule has 2 rings (SSSR count). The summed E-state index contributed by atoms with van der Waals surface area (Å²) in [4.78, 5) is 11.4. The smallest absolute Gasteiger partial charge is 0.163 e. The standard InChI is InChI=1S/C13H16O4/c1-16-7-10(14)8-17-11-3-4-12-9(6-11)2-5-13(12)15/h3-4,6,10,14H,2,5,7-8H2,1H3. The van der Waals surface area contributed by atoms with E-state index in [1.165, 1.54) is 7.11 Å². The molecule has 17 heavy (non-hydrogen) atoms. The van der Waals surface area contributed by atoms with Crippen molar-refractivity contribution < 1.29 is 19.4 Å². The van der Waals surface area contributed by atoms with Crippen molar-refractivity contribution in [3.05, 3.63) is 29.3 Å². The van der Waals surface area contributed by atoms with E-state index in [2.05, 4.69) is 0 Å². The Balaban J connectivity index is 1.97. The monoisotopic (exact) mass is 236 g/mol. The number of methoxy groups -OCH3 is 1. The summed E-state index contributed by atoms with van der Waals surface area (Å²) in [6.45, 7) is 0.448. The predicted octanol–water partition coefficient (Wildman–Crippen LogP) is 1.20. The van der Waals surface area contributed by atoms with Crippen LogP contribution in [0.2, 0.25) is 0 Å². The number of aliphatic hydroxyl groups is 1. The number of aryl methyl sites for hydroxylation is 1. The fraction of sp³-hybridized carbons (Fsp3) is 0.462. The molecule has 0 bridgehead atoms. The van der Waals surface area contributed by atoms with Gasteiger partial charge in [0.25, 0.3) is 0 Å². The van der Waals surface area contributed by atoms with E-state index in [1.807, 2.05) is 6.07 Å². The third kappa shape index (κ3) is 2.84. The van der Waals surface area contributed by atoms with Crippen LogP contribution in [0, 0.1) is 0 Å². The first-order chi connectivity index (χ1) is 8.20. The molecule has 0 amide bonds. The van der Waals surface area contributed by atoms with Gasteiger partial charge in [-0.15, -0.1) is 0 Å². The normalized spacial score (nSPS) is 15.8. The molecular formula is C13H16O4. The van der Waals surface area contributed by atoms with Gasteiger partial charge in [0.05, 0.1) is 6.61 Å². The quantitative estimate of drug-likeness (QED) is 0.834. The van der Waals surface area contributed by atoms with Gasteiger partial charge in [0.1, 0.15) is 18.5 Å². The average molecular weight is 236 g/mol. The number of rotatable bonds is 5. The summed E-state index contributed by atoms with van der Waals surface area (Å²) in [5.74, 6) is 0.888. The maximum atomic E-state index is 11.4. The predicted molar refractivity (Wildman–Crippen MR) is 62.5 cm³/mol. The van der Waals surface area contributed by atoms with Crippen LogP contribution in [0.5, 0.6) is 5.75 Å². The number of hydrogen-bond acceptors (Lipinski definition) is 4. The molecule has 1 aliphatic rings. The molecule has 0 saturated heterocycles. The highest BCUT2D eigenvalue weighted by Crippen LogP contribution is 2.26. The first-order valence-corrected chi connectivity index (χ1v) is 5.66. The number of Topliss-reactive ketones (excluding diaryl/α,β-unsaturated/α-hetero) is 1. The van der Waals surface area contributed by atoms with Crippen molar-refractivity contribution in [2.45, 2.75) is 18.9 Å². The zero-order valence-electron chi connectivity index (χ0n) is 9.81. The van der Waals surface area contributed by atoms with Gasteiger partial charge in [-0.05, 0) is 30.2 Å². The number of ether oxygens (including phenoxy) is 2. The summed E-state index contributed by atoms with van der Waals surface area (Å²) in [6.07, 6.45) is 0.742. The first-order valence-electron chi connectivity index (χ1n) is 5.66. The van der Waals surface area contributed by atoms with Crippen LogP contribution in [-0.2, 0) is 11.2 Å². The van der Waals surface area contributed by atoms with E-state index >= 15 is 0 Å². The molecule has 0 heterocycles. The van der Waals surface area contributed by atoms with E-state index in [4.69, 9.17) is 9.47 Å². The molecule has 92 valence electrons. The van der Waals surface area contributed by atoms with Gasteiger partial charge in [0.2, 0.25) is 0 Å². The number of carbonyl (C=O) groups is 1. The van der Waals surface area contributed by atoms with Crippen LogP contribution in [0.4, 0.5) is 0 Å². The molecule has 0 radical (unpaired) electrons. The Morgan fingerprint density at radius 3 is 2.94 bits per heavy atom. The molecule has 1 unspecified atom stereocenters. The van der Waals surface area contributed by atoms with Gasteiger partial charge in [0, 0.05) is 19.1 Å². The third-order valence-corrected chi connectivity index (χ3v) is 2.80. The lowest BCUT2D eigenvalue weighted by atomic mass is 10.1. The average Bonchev–Trinajstić information content (AvgIpc) is 2.69. The van der Waals surface area contributed by atoms with E-state index < -0.39 is 6.10 Å². The van der Waals surface area contributed by atoms with Crippen molar-refractivity contribution in [1.82, 2.24) is 0 Å². The van der Waals surface area contributed by atoms with Crippen LogP contribution < -0.4 is 4.74 Å².